The SMILES string of the molecule is Cc1cc2c3c(c1)[C@@H]1C=CC[C@@H]1[C@H](c1cccc([N+](=O)[O-])c1)N3C[C@@H]1CC=C[C@H]21. The van der Waals surface area contributed by atoms with E-state index in [1.54, 1.807) is 12.1 Å². The Hall–Kier alpha value is -2.88. The van der Waals surface area contributed by atoms with E-state index in [0.29, 0.717) is 23.7 Å². The molecular weight excluding hydrogens is 360 g/mol. The molecule has 29 heavy (non-hydrogen) atoms. The fourth-order valence-corrected chi connectivity index (χ4v) is 6.33. The molecule has 4 aliphatic rings. The van der Waals surface area contributed by atoms with Crippen LogP contribution in [0.15, 0.2) is 60.7 Å². The Morgan fingerprint density at radius 2 is 1.79 bits per heavy atom. The second-order valence-corrected chi connectivity index (χ2v) is 9.04. The molecule has 0 radical (unpaired) electrons. The average molecular weight is 384 g/mol. The number of rotatable bonds is 2. The number of hydrogen-bond acceptors (Lipinski definition) is 3. The number of allylic oxidation sites excluding steroid dienone is 4. The first-order valence-electron chi connectivity index (χ1n) is 10.6. The number of anilines is 1. The van der Waals surface area contributed by atoms with E-state index < -0.39 is 0 Å². The smallest absolute Gasteiger partial charge is 0.269 e. The van der Waals surface area contributed by atoms with Crippen LogP contribution < -0.4 is 4.90 Å². The number of aryl methyl sites for hydroxylation is 1. The first-order valence-corrected chi connectivity index (χ1v) is 10.6. The summed E-state index contributed by atoms with van der Waals surface area (Å²) in [5.74, 6) is 1.94. The van der Waals surface area contributed by atoms with E-state index in [1.165, 1.54) is 22.4 Å². The van der Waals surface area contributed by atoms with Crippen molar-refractivity contribution in [3.05, 3.63) is 93.1 Å². The number of nitro benzene ring substituents is 1. The average Bonchev–Trinajstić information content (AvgIpc) is 3.37. The van der Waals surface area contributed by atoms with Crippen molar-refractivity contribution in [2.75, 3.05) is 11.4 Å². The molecule has 0 N–H and O–H groups in total. The summed E-state index contributed by atoms with van der Waals surface area (Å²) in [4.78, 5) is 13.8. The molecular formula is C25H24N2O2. The summed E-state index contributed by atoms with van der Waals surface area (Å²) in [7, 11) is 0. The Kier molecular flexibility index (Phi) is 3.55. The molecule has 0 bridgehead atoms. The Labute approximate surface area is 170 Å². The molecule has 2 aromatic rings. The Morgan fingerprint density at radius 1 is 1.03 bits per heavy atom. The predicted molar refractivity (Wildman–Crippen MR) is 114 cm³/mol. The quantitative estimate of drug-likeness (QED) is 0.374. The van der Waals surface area contributed by atoms with Crippen LogP contribution in [-0.4, -0.2) is 11.5 Å². The van der Waals surface area contributed by atoms with Gasteiger partial charge in [-0.3, -0.25) is 10.1 Å². The lowest BCUT2D eigenvalue weighted by Gasteiger charge is -2.51. The summed E-state index contributed by atoms with van der Waals surface area (Å²) in [6.07, 6.45) is 11.6. The van der Waals surface area contributed by atoms with Crippen molar-refractivity contribution in [2.45, 2.75) is 37.6 Å². The highest BCUT2D eigenvalue weighted by atomic mass is 16.6. The number of benzene rings is 2. The highest BCUT2D eigenvalue weighted by molar-refractivity contribution is 5.71. The second kappa shape index (κ2) is 6.06. The van der Waals surface area contributed by atoms with Crippen LogP contribution in [0.25, 0.3) is 0 Å². The van der Waals surface area contributed by atoms with Crippen molar-refractivity contribution < 1.29 is 4.92 Å². The van der Waals surface area contributed by atoms with E-state index in [-0.39, 0.29) is 16.7 Å². The highest BCUT2D eigenvalue weighted by Gasteiger charge is 2.47. The molecule has 0 amide bonds. The minimum atomic E-state index is -0.271. The maximum atomic E-state index is 11.4. The topological polar surface area (TPSA) is 46.4 Å². The fraction of sp³-hybridized carbons (Fsp3) is 0.360. The van der Waals surface area contributed by atoms with Gasteiger partial charge in [-0.2, -0.15) is 0 Å². The zero-order valence-corrected chi connectivity index (χ0v) is 16.5. The number of nitrogens with zero attached hydrogens (tertiary/aromatic N) is 2. The third-order valence-corrected chi connectivity index (χ3v) is 7.42. The Balaban J connectivity index is 1.57. The van der Waals surface area contributed by atoms with Crippen LogP contribution >= 0.6 is 0 Å². The van der Waals surface area contributed by atoms with Gasteiger partial charge in [-0.05, 0) is 48.3 Å². The van der Waals surface area contributed by atoms with Crippen molar-refractivity contribution in [2.24, 2.45) is 11.8 Å². The lowest BCUT2D eigenvalue weighted by atomic mass is 9.70. The van der Waals surface area contributed by atoms with E-state index in [9.17, 15) is 10.1 Å². The Bertz CT molecular complexity index is 1070. The van der Waals surface area contributed by atoms with Crippen LogP contribution in [0.4, 0.5) is 11.4 Å². The van der Waals surface area contributed by atoms with Crippen LogP contribution in [0.2, 0.25) is 0 Å². The molecule has 0 unspecified atom stereocenters. The van der Waals surface area contributed by atoms with Crippen LogP contribution in [0.5, 0.6) is 0 Å². The summed E-state index contributed by atoms with van der Waals surface area (Å²) in [6.45, 7) is 3.24. The largest absolute Gasteiger partial charge is 0.363 e. The van der Waals surface area contributed by atoms with E-state index in [2.05, 4.69) is 54.3 Å². The lowest BCUT2D eigenvalue weighted by Crippen LogP contribution is -2.46. The third-order valence-electron chi connectivity index (χ3n) is 7.42. The standard InChI is InChI=1S/C25H24N2O2/c1-15-11-22-19-8-3-6-17(19)14-26-24(16-5-2-7-18(13-16)27(28)29)21-10-4-9-20(21)23(12-15)25(22)26/h2-5,7-9,11-13,17,19-21,24H,6,10,14H2,1H3/t17-,19-,20+,21-,24-/m0/s1. The summed E-state index contributed by atoms with van der Waals surface area (Å²) in [5, 5.41) is 11.4. The molecule has 2 aliphatic carbocycles. The van der Waals surface area contributed by atoms with Gasteiger partial charge in [0, 0.05) is 36.2 Å². The van der Waals surface area contributed by atoms with Crippen molar-refractivity contribution in [3.8, 4) is 0 Å². The molecule has 0 saturated carbocycles. The molecule has 5 atom stereocenters. The van der Waals surface area contributed by atoms with Crippen molar-refractivity contribution in [1.29, 1.82) is 0 Å². The van der Waals surface area contributed by atoms with Gasteiger partial charge < -0.3 is 4.90 Å². The van der Waals surface area contributed by atoms with E-state index in [0.717, 1.165) is 24.9 Å². The van der Waals surface area contributed by atoms with Crippen molar-refractivity contribution >= 4 is 11.4 Å². The second-order valence-electron chi connectivity index (χ2n) is 9.04. The minimum Gasteiger partial charge on any atom is -0.363 e. The fourth-order valence-electron chi connectivity index (χ4n) is 6.33. The predicted octanol–water partition coefficient (Wildman–Crippen LogP) is 5.80. The summed E-state index contributed by atoms with van der Waals surface area (Å²) >= 11 is 0. The number of fused-ring (bicyclic) bond motifs is 4. The lowest BCUT2D eigenvalue weighted by molar-refractivity contribution is -0.384. The zero-order valence-electron chi connectivity index (χ0n) is 16.5. The van der Waals surface area contributed by atoms with E-state index in [1.807, 2.05) is 6.07 Å². The van der Waals surface area contributed by atoms with Gasteiger partial charge in [0.25, 0.3) is 5.69 Å². The molecule has 0 fully saturated rings. The van der Waals surface area contributed by atoms with Gasteiger partial charge in [0.1, 0.15) is 0 Å². The first-order chi connectivity index (χ1) is 14.1. The van der Waals surface area contributed by atoms with Crippen LogP contribution in [-0.2, 0) is 0 Å². The number of non-ortho nitro benzene ring substituents is 1. The molecule has 146 valence electrons. The van der Waals surface area contributed by atoms with Crippen molar-refractivity contribution in [1.82, 2.24) is 0 Å². The van der Waals surface area contributed by atoms with Crippen LogP contribution in [0.3, 0.4) is 0 Å². The first kappa shape index (κ1) is 17.0. The molecule has 2 heterocycles. The van der Waals surface area contributed by atoms with Gasteiger partial charge in [-0.15, -0.1) is 0 Å². The monoisotopic (exact) mass is 384 g/mol. The molecule has 0 aromatic heterocycles. The van der Waals surface area contributed by atoms with Gasteiger partial charge in [0.2, 0.25) is 0 Å². The maximum absolute atomic E-state index is 11.4. The van der Waals surface area contributed by atoms with Gasteiger partial charge in [-0.25, -0.2) is 0 Å². The molecule has 4 nitrogen and oxygen atoms in total. The van der Waals surface area contributed by atoms with Crippen LogP contribution in [0.1, 0.15) is 53.0 Å². The maximum Gasteiger partial charge on any atom is 0.269 e. The molecule has 2 aromatic carbocycles. The Morgan fingerprint density at radius 3 is 2.62 bits per heavy atom. The number of nitro groups is 1. The van der Waals surface area contributed by atoms with Gasteiger partial charge in [0.05, 0.1) is 11.0 Å². The molecule has 4 heteroatoms. The molecule has 0 saturated heterocycles. The third kappa shape index (κ3) is 2.38. The highest BCUT2D eigenvalue weighted by Crippen LogP contribution is 2.59. The zero-order chi connectivity index (χ0) is 19.7. The van der Waals surface area contributed by atoms with Crippen molar-refractivity contribution in [3.63, 3.8) is 0 Å². The normalized spacial score (nSPS) is 30.8. The van der Waals surface area contributed by atoms with E-state index >= 15 is 0 Å². The van der Waals surface area contributed by atoms with Gasteiger partial charge in [0.15, 0.2) is 0 Å². The van der Waals surface area contributed by atoms with E-state index in [4.69, 9.17) is 0 Å². The van der Waals surface area contributed by atoms with Crippen LogP contribution in [0, 0.1) is 28.9 Å². The minimum absolute atomic E-state index is 0.186. The summed E-state index contributed by atoms with van der Waals surface area (Å²) in [6, 6.07) is 12.3. The van der Waals surface area contributed by atoms with Gasteiger partial charge >= 0.3 is 0 Å². The molecule has 2 aliphatic heterocycles. The number of hydrogen-bond donors (Lipinski definition) is 0. The van der Waals surface area contributed by atoms with Gasteiger partial charge in [-0.1, -0.05) is 54.1 Å². The molecule has 6 rings (SSSR count). The molecule has 0 spiro atoms. The summed E-state index contributed by atoms with van der Waals surface area (Å²) in [5.41, 5.74) is 6.93. The summed E-state index contributed by atoms with van der Waals surface area (Å²) < 4.78 is 0.